The molecule has 0 unspecified atom stereocenters. The van der Waals surface area contributed by atoms with Crippen LogP contribution in [-0.2, 0) is 0 Å². The summed E-state index contributed by atoms with van der Waals surface area (Å²) in [4.78, 5) is 12.1. The van der Waals surface area contributed by atoms with E-state index in [1.807, 2.05) is 24.3 Å². The lowest BCUT2D eigenvalue weighted by molar-refractivity contribution is 0.0950. The summed E-state index contributed by atoms with van der Waals surface area (Å²) in [5.74, 6) is 2.42. The molecule has 0 saturated carbocycles. The van der Waals surface area contributed by atoms with Crippen molar-refractivity contribution in [3.8, 4) is 12.3 Å². The molecule has 1 aromatic carbocycles. The molecule has 5 heteroatoms. The molecule has 0 bridgehead atoms. The molecule has 124 valence electrons. The van der Waals surface area contributed by atoms with E-state index in [2.05, 4.69) is 25.0 Å². The number of amides is 1. The average molecular weight is 313 g/mol. The van der Waals surface area contributed by atoms with Crippen molar-refractivity contribution in [1.29, 1.82) is 0 Å². The zero-order valence-corrected chi connectivity index (χ0v) is 14.3. The van der Waals surface area contributed by atoms with E-state index in [4.69, 9.17) is 17.9 Å². The Bertz CT molecular complexity index is 534. The van der Waals surface area contributed by atoms with Gasteiger partial charge in [0.2, 0.25) is 0 Å². The Labute approximate surface area is 140 Å². The number of rotatable bonds is 9. The highest BCUT2D eigenvalue weighted by Crippen LogP contribution is 2.07. The molecular weight excluding hydrogens is 285 g/mol. The van der Waals surface area contributed by atoms with Crippen LogP contribution in [0.15, 0.2) is 24.3 Å². The van der Waals surface area contributed by atoms with Crippen LogP contribution in [0.1, 0.15) is 43.0 Å². The van der Waals surface area contributed by atoms with Crippen molar-refractivity contribution >= 4 is 18.1 Å². The second-order valence-corrected chi connectivity index (χ2v) is 6.25. The fourth-order valence-corrected chi connectivity index (χ4v) is 2.50. The Kier molecular flexibility index (Phi) is 7.87. The molecule has 0 aliphatic carbocycles. The van der Waals surface area contributed by atoms with Crippen molar-refractivity contribution in [2.75, 3.05) is 6.54 Å². The minimum atomic E-state index is -0.834. The molecule has 23 heavy (non-hydrogen) atoms. The first-order valence-corrected chi connectivity index (χ1v) is 8.29. The van der Waals surface area contributed by atoms with Crippen LogP contribution in [0.3, 0.4) is 0 Å². The number of hydrogen-bond donors (Lipinski definition) is 3. The van der Waals surface area contributed by atoms with Gasteiger partial charge in [0.15, 0.2) is 6.71 Å². The second kappa shape index (κ2) is 9.39. The first kappa shape index (κ1) is 19.3. The highest BCUT2D eigenvalue weighted by Gasteiger charge is 2.18. The van der Waals surface area contributed by atoms with Gasteiger partial charge in [-0.25, -0.2) is 0 Å². The van der Waals surface area contributed by atoms with Crippen LogP contribution in [0.4, 0.5) is 0 Å². The van der Waals surface area contributed by atoms with Crippen LogP contribution in [0, 0.1) is 12.3 Å². The van der Waals surface area contributed by atoms with Crippen LogP contribution in [0.5, 0.6) is 0 Å². The summed E-state index contributed by atoms with van der Waals surface area (Å²) in [6.45, 7) is 5.33. The summed E-state index contributed by atoms with van der Waals surface area (Å²) in [7, 11) is 0. The molecule has 5 N–H and O–H groups in total. The van der Waals surface area contributed by atoms with Crippen LogP contribution in [0.25, 0.3) is 0 Å². The molecule has 0 aliphatic heterocycles. The summed E-state index contributed by atoms with van der Waals surface area (Å²) in [6, 6.07) is 7.79. The quantitative estimate of drug-likeness (QED) is 0.368. The van der Waals surface area contributed by atoms with Gasteiger partial charge < -0.3 is 16.8 Å². The maximum atomic E-state index is 12.1. The number of carbonyl (C=O) groups is 1. The third kappa shape index (κ3) is 6.90. The van der Waals surface area contributed by atoms with Gasteiger partial charge in [0.05, 0.1) is 5.66 Å². The summed E-state index contributed by atoms with van der Waals surface area (Å²) < 4.78 is 0. The predicted molar refractivity (Wildman–Crippen MR) is 98.9 cm³/mol. The zero-order valence-electron chi connectivity index (χ0n) is 14.3. The molecule has 1 amide bonds. The lowest BCUT2D eigenvalue weighted by Gasteiger charge is -2.23. The number of hydrogen-bond acceptors (Lipinski definition) is 3. The normalized spacial score (nSPS) is 10.9. The van der Waals surface area contributed by atoms with Gasteiger partial charge in [-0.2, -0.15) is 0 Å². The Morgan fingerprint density at radius 1 is 1.30 bits per heavy atom. The number of nitrogens with two attached hydrogens (primary N) is 2. The van der Waals surface area contributed by atoms with Crippen LogP contribution < -0.4 is 22.2 Å². The third-order valence-electron chi connectivity index (χ3n) is 4.07. The maximum absolute atomic E-state index is 12.1. The molecule has 4 nitrogen and oxygen atoms in total. The molecule has 0 saturated heterocycles. The van der Waals surface area contributed by atoms with Gasteiger partial charge in [0.1, 0.15) is 0 Å². The van der Waals surface area contributed by atoms with Gasteiger partial charge >= 0.3 is 0 Å². The van der Waals surface area contributed by atoms with Crippen molar-refractivity contribution in [2.45, 2.75) is 51.4 Å². The average Bonchev–Trinajstić information content (AvgIpc) is 2.53. The highest BCUT2D eigenvalue weighted by atomic mass is 16.1. The number of benzene rings is 1. The summed E-state index contributed by atoms with van der Waals surface area (Å²) in [6.07, 6.45) is 9.09. The minimum absolute atomic E-state index is 0.104. The van der Waals surface area contributed by atoms with Crippen molar-refractivity contribution in [1.82, 2.24) is 5.32 Å². The molecular formula is C18H28BN3O. The first-order valence-electron chi connectivity index (χ1n) is 8.29. The molecule has 0 spiro atoms. The fourth-order valence-electron chi connectivity index (χ4n) is 2.50. The summed E-state index contributed by atoms with van der Waals surface area (Å²) in [5.41, 5.74) is 13.0. The number of terminal acetylenes is 1. The SMILES string of the molecule is C#CCCC(N)(N)CCNC(=O)c1ccc(B(C)CCC)cc1. The van der Waals surface area contributed by atoms with Gasteiger partial charge in [-0.3, -0.25) is 4.79 Å². The van der Waals surface area contributed by atoms with Crippen LogP contribution in [-0.4, -0.2) is 24.8 Å². The van der Waals surface area contributed by atoms with E-state index in [1.54, 1.807) is 0 Å². The van der Waals surface area contributed by atoms with Gasteiger partial charge in [0, 0.05) is 18.5 Å². The fraction of sp³-hybridized carbons (Fsp3) is 0.500. The lowest BCUT2D eigenvalue weighted by Crippen LogP contribution is -2.51. The van der Waals surface area contributed by atoms with E-state index in [9.17, 15) is 4.79 Å². The van der Waals surface area contributed by atoms with E-state index >= 15 is 0 Å². The molecule has 0 heterocycles. The zero-order chi connectivity index (χ0) is 17.3. The van der Waals surface area contributed by atoms with Crippen molar-refractivity contribution in [3.05, 3.63) is 29.8 Å². The Morgan fingerprint density at radius 3 is 2.52 bits per heavy atom. The van der Waals surface area contributed by atoms with E-state index < -0.39 is 5.66 Å². The summed E-state index contributed by atoms with van der Waals surface area (Å²) in [5, 5.41) is 2.85. The van der Waals surface area contributed by atoms with Gasteiger partial charge in [-0.1, -0.05) is 44.1 Å². The minimum Gasteiger partial charge on any atom is -0.352 e. The first-order chi connectivity index (χ1) is 10.9. The van der Waals surface area contributed by atoms with E-state index in [-0.39, 0.29) is 5.91 Å². The van der Waals surface area contributed by atoms with Crippen LogP contribution >= 0.6 is 0 Å². The van der Waals surface area contributed by atoms with Gasteiger partial charge in [0.25, 0.3) is 5.91 Å². The Morgan fingerprint density at radius 2 is 1.96 bits per heavy atom. The molecule has 0 fully saturated rings. The number of carbonyl (C=O) groups excluding carboxylic acids is 1. The molecule has 0 aromatic heterocycles. The van der Waals surface area contributed by atoms with Crippen molar-refractivity contribution in [2.24, 2.45) is 11.5 Å². The molecule has 1 rings (SSSR count). The summed E-state index contributed by atoms with van der Waals surface area (Å²) >= 11 is 0. The van der Waals surface area contributed by atoms with Crippen LogP contribution in [0.2, 0.25) is 13.1 Å². The third-order valence-corrected chi connectivity index (χ3v) is 4.07. The standard InChI is InChI=1S/C18H28BN3O/c1-4-6-11-18(20,21)12-14-22-17(23)15-7-9-16(10-8-15)19(3)13-5-2/h1,7-10H,5-6,11-14,20-21H2,2-3H3,(H,22,23). The van der Waals surface area contributed by atoms with Crippen molar-refractivity contribution in [3.63, 3.8) is 0 Å². The van der Waals surface area contributed by atoms with E-state index in [1.165, 1.54) is 5.46 Å². The monoisotopic (exact) mass is 313 g/mol. The van der Waals surface area contributed by atoms with E-state index in [0.29, 0.717) is 38.1 Å². The maximum Gasteiger partial charge on any atom is 0.251 e. The topological polar surface area (TPSA) is 81.1 Å². The Hall–Kier alpha value is -1.77. The largest absolute Gasteiger partial charge is 0.352 e. The van der Waals surface area contributed by atoms with E-state index in [0.717, 1.165) is 12.7 Å². The number of nitrogens with one attached hydrogen (secondary N) is 1. The molecule has 0 radical (unpaired) electrons. The molecule has 0 aliphatic rings. The lowest BCUT2D eigenvalue weighted by atomic mass is 9.44. The predicted octanol–water partition coefficient (Wildman–Crippen LogP) is 1.58. The molecule has 0 atom stereocenters. The molecule has 1 aromatic rings. The van der Waals surface area contributed by atoms with Gasteiger partial charge in [-0.15, -0.1) is 12.3 Å². The van der Waals surface area contributed by atoms with Crippen molar-refractivity contribution < 1.29 is 4.79 Å². The Balaban J connectivity index is 2.48. The highest BCUT2D eigenvalue weighted by molar-refractivity contribution is 6.71. The second-order valence-electron chi connectivity index (χ2n) is 6.25. The smallest absolute Gasteiger partial charge is 0.251 e. The van der Waals surface area contributed by atoms with Gasteiger partial charge in [-0.05, 0) is 25.0 Å².